The molecule has 0 radical (unpaired) electrons. The molecule has 10 heteroatoms. The Morgan fingerprint density at radius 1 is 1.03 bits per heavy atom. The van der Waals surface area contributed by atoms with E-state index in [2.05, 4.69) is 15.5 Å². The number of piperidine rings is 1. The Labute approximate surface area is 207 Å². The Morgan fingerprint density at radius 2 is 1.80 bits per heavy atom. The lowest BCUT2D eigenvalue weighted by molar-refractivity contribution is 0.0724. The fourth-order valence-electron chi connectivity index (χ4n) is 4.43. The van der Waals surface area contributed by atoms with Gasteiger partial charge in [-0.2, -0.15) is 4.68 Å². The summed E-state index contributed by atoms with van der Waals surface area (Å²) in [4.78, 5) is 28.2. The molecule has 5 rings (SSSR count). The van der Waals surface area contributed by atoms with E-state index in [4.69, 9.17) is 0 Å². The van der Waals surface area contributed by atoms with Gasteiger partial charge in [-0.3, -0.25) is 14.3 Å². The van der Waals surface area contributed by atoms with Crippen molar-refractivity contribution < 1.29 is 4.79 Å². The van der Waals surface area contributed by atoms with Crippen LogP contribution in [0.15, 0.2) is 64.5 Å². The molecule has 0 aliphatic carbocycles. The smallest absolute Gasteiger partial charge is 0.297 e. The monoisotopic (exact) mass is 489 g/mol. The van der Waals surface area contributed by atoms with Crippen molar-refractivity contribution in [3.8, 4) is 11.4 Å². The van der Waals surface area contributed by atoms with E-state index in [0.29, 0.717) is 22.2 Å². The number of rotatable bonds is 6. The molecule has 2 aromatic heterocycles. The number of carbonyl (C=O) groups excluding carboxylic acids is 1. The first-order valence-electron chi connectivity index (χ1n) is 11.7. The summed E-state index contributed by atoms with van der Waals surface area (Å²) in [6.45, 7) is 3.52. The second-order valence-electron chi connectivity index (χ2n) is 8.63. The van der Waals surface area contributed by atoms with Crippen molar-refractivity contribution in [3.05, 3.63) is 81.8 Å². The molecule has 1 saturated heterocycles. The summed E-state index contributed by atoms with van der Waals surface area (Å²) in [5.74, 6) is 0.656. The number of benzene rings is 2. The van der Waals surface area contributed by atoms with E-state index < -0.39 is 0 Å². The van der Waals surface area contributed by atoms with E-state index in [-0.39, 0.29) is 11.5 Å². The zero-order valence-corrected chi connectivity index (χ0v) is 20.6. The number of nitrogens with zero attached hydrogens (tertiary/aromatic N) is 7. The van der Waals surface area contributed by atoms with Crippen LogP contribution in [0.25, 0.3) is 11.4 Å². The third-order valence-corrected chi connectivity index (χ3v) is 7.35. The molecule has 1 fully saturated rings. The summed E-state index contributed by atoms with van der Waals surface area (Å²) in [6.07, 6.45) is 3.32. The summed E-state index contributed by atoms with van der Waals surface area (Å²) < 4.78 is 4.92. The highest BCUT2D eigenvalue weighted by molar-refractivity contribution is 7.98. The number of tetrazole rings is 1. The molecular formula is C25H27N7O2S. The standard InChI is InChI=1S/C25H27N7O2S/c1-18-22(24(34)32(29(18)2)21-12-5-3-6-13-21)31-25(26-27-28-31)35-17-19-10-9-11-20(16-19)23(33)30-14-7-4-8-15-30/h3,5-6,9-13,16H,4,7-8,14-15,17H2,1-2H3. The van der Waals surface area contributed by atoms with Crippen LogP contribution >= 0.6 is 11.8 Å². The molecule has 0 unspecified atom stereocenters. The van der Waals surface area contributed by atoms with Gasteiger partial charge in [-0.05, 0) is 66.4 Å². The van der Waals surface area contributed by atoms with Gasteiger partial charge in [-0.1, -0.05) is 42.1 Å². The molecule has 180 valence electrons. The second-order valence-corrected chi connectivity index (χ2v) is 9.57. The van der Waals surface area contributed by atoms with Gasteiger partial charge in [0.15, 0.2) is 5.69 Å². The van der Waals surface area contributed by atoms with Crippen molar-refractivity contribution >= 4 is 17.7 Å². The quantitative estimate of drug-likeness (QED) is 0.386. The first-order chi connectivity index (χ1) is 17.0. The van der Waals surface area contributed by atoms with Crippen LogP contribution in [0, 0.1) is 6.92 Å². The van der Waals surface area contributed by atoms with Crippen LogP contribution in [0.1, 0.15) is 40.9 Å². The molecule has 0 bridgehead atoms. The molecule has 4 aromatic rings. The molecule has 0 spiro atoms. The summed E-state index contributed by atoms with van der Waals surface area (Å²) in [6, 6.07) is 17.2. The number of aromatic nitrogens is 6. The van der Waals surface area contributed by atoms with Gasteiger partial charge in [-0.15, -0.1) is 5.10 Å². The molecule has 1 aliphatic rings. The average molecular weight is 490 g/mol. The van der Waals surface area contributed by atoms with Gasteiger partial charge < -0.3 is 4.90 Å². The zero-order chi connectivity index (χ0) is 24.4. The van der Waals surface area contributed by atoms with Gasteiger partial charge in [-0.25, -0.2) is 4.68 Å². The van der Waals surface area contributed by atoms with Gasteiger partial charge in [0.05, 0.1) is 11.4 Å². The van der Waals surface area contributed by atoms with Crippen molar-refractivity contribution in [2.45, 2.75) is 37.1 Å². The Kier molecular flexibility index (Phi) is 6.54. The van der Waals surface area contributed by atoms with Crippen molar-refractivity contribution in [1.29, 1.82) is 0 Å². The first kappa shape index (κ1) is 23.1. The highest BCUT2D eigenvalue weighted by Gasteiger charge is 2.22. The van der Waals surface area contributed by atoms with Gasteiger partial charge in [0.1, 0.15) is 0 Å². The maximum atomic E-state index is 13.4. The van der Waals surface area contributed by atoms with Crippen molar-refractivity contribution in [2.75, 3.05) is 13.1 Å². The molecular weight excluding hydrogens is 462 g/mol. The number of amides is 1. The Hall–Kier alpha value is -3.66. The Bertz CT molecular complexity index is 1400. The third kappa shape index (κ3) is 4.53. The predicted molar refractivity (Wildman–Crippen MR) is 134 cm³/mol. The van der Waals surface area contributed by atoms with Crippen LogP contribution in [0.5, 0.6) is 0 Å². The zero-order valence-electron chi connectivity index (χ0n) is 19.8. The molecule has 0 saturated carbocycles. The predicted octanol–water partition coefficient (Wildman–Crippen LogP) is 3.38. The molecule has 3 heterocycles. The lowest BCUT2D eigenvalue weighted by atomic mass is 10.1. The van der Waals surface area contributed by atoms with E-state index in [0.717, 1.165) is 42.9 Å². The minimum atomic E-state index is -0.195. The third-order valence-electron chi connectivity index (χ3n) is 6.36. The molecule has 0 atom stereocenters. The first-order valence-corrected chi connectivity index (χ1v) is 12.7. The van der Waals surface area contributed by atoms with Crippen LogP contribution in [-0.4, -0.2) is 53.5 Å². The van der Waals surface area contributed by atoms with Gasteiger partial charge in [0.2, 0.25) is 5.16 Å². The number of hydrogen-bond donors (Lipinski definition) is 0. The average Bonchev–Trinajstić information content (AvgIpc) is 3.44. The van der Waals surface area contributed by atoms with Gasteiger partial charge >= 0.3 is 0 Å². The van der Waals surface area contributed by atoms with E-state index in [1.54, 1.807) is 9.36 Å². The molecule has 1 amide bonds. The highest BCUT2D eigenvalue weighted by Crippen LogP contribution is 2.24. The summed E-state index contributed by atoms with van der Waals surface area (Å²) in [5, 5.41) is 12.6. The van der Waals surface area contributed by atoms with E-state index in [1.165, 1.54) is 22.9 Å². The Balaban J connectivity index is 1.38. The number of para-hydroxylation sites is 1. The molecule has 35 heavy (non-hydrogen) atoms. The van der Waals surface area contributed by atoms with Crippen LogP contribution in [0.4, 0.5) is 0 Å². The number of thioether (sulfide) groups is 1. The molecule has 9 nitrogen and oxygen atoms in total. The minimum absolute atomic E-state index is 0.0859. The van der Waals surface area contributed by atoms with Crippen LogP contribution in [0.3, 0.4) is 0 Å². The van der Waals surface area contributed by atoms with Gasteiger partial charge in [0.25, 0.3) is 11.5 Å². The van der Waals surface area contributed by atoms with Crippen LogP contribution < -0.4 is 5.56 Å². The van der Waals surface area contributed by atoms with E-state index >= 15 is 0 Å². The number of likely N-dealkylation sites (tertiary alicyclic amines) is 1. The lowest BCUT2D eigenvalue weighted by Crippen LogP contribution is -2.35. The summed E-state index contributed by atoms with van der Waals surface area (Å²) in [5.41, 5.74) is 3.44. The van der Waals surface area contributed by atoms with Crippen LogP contribution in [0.2, 0.25) is 0 Å². The van der Waals surface area contributed by atoms with E-state index in [1.807, 2.05) is 73.5 Å². The molecule has 2 aromatic carbocycles. The van der Waals surface area contributed by atoms with Crippen molar-refractivity contribution in [3.63, 3.8) is 0 Å². The topological polar surface area (TPSA) is 90.8 Å². The normalized spacial score (nSPS) is 13.8. The van der Waals surface area contributed by atoms with E-state index in [9.17, 15) is 9.59 Å². The van der Waals surface area contributed by atoms with Crippen molar-refractivity contribution in [2.24, 2.45) is 7.05 Å². The summed E-state index contributed by atoms with van der Waals surface area (Å²) >= 11 is 1.43. The Morgan fingerprint density at radius 3 is 2.57 bits per heavy atom. The second kappa shape index (κ2) is 9.91. The fraction of sp³-hybridized carbons (Fsp3) is 0.320. The summed E-state index contributed by atoms with van der Waals surface area (Å²) in [7, 11) is 1.84. The lowest BCUT2D eigenvalue weighted by Gasteiger charge is -2.26. The number of carbonyl (C=O) groups is 1. The fourth-order valence-corrected chi connectivity index (χ4v) is 5.25. The minimum Gasteiger partial charge on any atom is -0.339 e. The molecule has 1 aliphatic heterocycles. The highest BCUT2D eigenvalue weighted by atomic mass is 32.2. The maximum Gasteiger partial charge on any atom is 0.297 e. The largest absolute Gasteiger partial charge is 0.339 e. The SMILES string of the molecule is Cc1c(-n2nnnc2SCc2cccc(C(=O)N3CCCCC3)c2)c(=O)n(-c2ccccc2)n1C. The maximum absolute atomic E-state index is 13.4. The van der Waals surface area contributed by atoms with Gasteiger partial charge in [0, 0.05) is 31.5 Å². The van der Waals surface area contributed by atoms with Crippen molar-refractivity contribution in [1.82, 2.24) is 34.5 Å². The number of hydrogen-bond acceptors (Lipinski definition) is 6. The van der Waals surface area contributed by atoms with Crippen LogP contribution in [-0.2, 0) is 12.8 Å². The molecule has 0 N–H and O–H groups in total.